The number of ether oxygens (including phenoxy) is 1. The normalized spacial score (nSPS) is 10.7. The summed E-state index contributed by atoms with van der Waals surface area (Å²) >= 11 is 7.05. The Labute approximate surface area is 186 Å². The number of carbonyl (C=O) groups excluding carboxylic acids is 1. The van der Waals surface area contributed by atoms with Crippen molar-refractivity contribution in [3.05, 3.63) is 63.3 Å². The summed E-state index contributed by atoms with van der Waals surface area (Å²) in [6.45, 7) is 8.67. The largest absolute Gasteiger partial charge is 0.465 e. The molecule has 0 saturated carbocycles. The summed E-state index contributed by atoms with van der Waals surface area (Å²) in [5.41, 5.74) is 5.44. The van der Waals surface area contributed by atoms with E-state index in [2.05, 4.69) is 27.9 Å². The summed E-state index contributed by atoms with van der Waals surface area (Å²) in [6, 6.07) is 10.2. The van der Waals surface area contributed by atoms with E-state index in [-0.39, 0.29) is 5.97 Å². The quantitative estimate of drug-likeness (QED) is 0.410. The van der Waals surface area contributed by atoms with Gasteiger partial charge in [0.15, 0.2) is 5.11 Å². The minimum absolute atomic E-state index is 0.357. The topological polar surface area (TPSA) is 68.2 Å². The Bertz CT molecular complexity index is 1070. The summed E-state index contributed by atoms with van der Waals surface area (Å²) in [7, 11) is 1.39. The molecule has 30 heavy (non-hydrogen) atoms. The van der Waals surface area contributed by atoms with Gasteiger partial charge in [0, 0.05) is 4.88 Å². The third-order valence-electron chi connectivity index (χ3n) is 4.97. The van der Waals surface area contributed by atoms with Gasteiger partial charge in [-0.1, -0.05) is 37.3 Å². The predicted molar refractivity (Wildman–Crippen MR) is 127 cm³/mol. The van der Waals surface area contributed by atoms with Gasteiger partial charge in [-0.2, -0.15) is 5.10 Å². The maximum Gasteiger partial charge on any atom is 0.341 e. The zero-order valence-corrected chi connectivity index (χ0v) is 19.5. The van der Waals surface area contributed by atoms with E-state index in [1.165, 1.54) is 24.0 Å². The predicted octanol–water partition coefficient (Wildman–Crippen LogP) is 5.08. The van der Waals surface area contributed by atoms with E-state index < -0.39 is 0 Å². The number of anilines is 2. The van der Waals surface area contributed by atoms with Gasteiger partial charge in [-0.3, -0.25) is 4.68 Å². The van der Waals surface area contributed by atoms with Gasteiger partial charge in [-0.25, -0.2) is 4.79 Å². The molecule has 2 aromatic heterocycles. The van der Waals surface area contributed by atoms with Gasteiger partial charge < -0.3 is 15.4 Å². The number of rotatable bonds is 6. The molecule has 6 nitrogen and oxygen atoms in total. The number of benzene rings is 1. The summed E-state index contributed by atoms with van der Waals surface area (Å²) in [4.78, 5) is 13.4. The molecule has 3 rings (SSSR count). The van der Waals surface area contributed by atoms with E-state index in [0.29, 0.717) is 22.2 Å². The first kappa shape index (κ1) is 22.0. The second kappa shape index (κ2) is 9.40. The average Bonchev–Trinajstić information content (AvgIpc) is 3.18. The summed E-state index contributed by atoms with van der Waals surface area (Å²) in [6.07, 6.45) is 0.749. The number of nitrogens with one attached hydrogen (secondary N) is 2. The highest BCUT2D eigenvalue weighted by molar-refractivity contribution is 7.80. The van der Waals surface area contributed by atoms with Crippen molar-refractivity contribution in [3.8, 4) is 0 Å². The standard InChI is InChI=1S/C22H26N4O2S2/c1-6-17-15(4)30-20(18(17)21(27)28-5)24-22(29)23-19-13(2)25-26(14(19)3)12-16-10-8-7-9-11-16/h7-11H,6,12H2,1-5H3,(H2,23,24,29). The molecule has 0 amide bonds. The van der Waals surface area contributed by atoms with Crippen LogP contribution in [0.4, 0.5) is 10.7 Å². The molecule has 0 aliphatic rings. The lowest BCUT2D eigenvalue weighted by Gasteiger charge is -2.12. The third-order valence-corrected chi connectivity index (χ3v) is 6.24. The van der Waals surface area contributed by atoms with Crippen LogP contribution in [0.1, 0.15) is 44.7 Å². The van der Waals surface area contributed by atoms with Gasteiger partial charge >= 0.3 is 5.97 Å². The van der Waals surface area contributed by atoms with Crippen LogP contribution in [0, 0.1) is 20.8 Å². The van der Waals surface area contributed by atoms with E-state index in [4.69, 9.17) is 17.0 Å². The van der Waals surface area contributed by atoms with E-state index in [0.717, 1.165) is 33.9 Å². The van der Waals surface area contributed by atoms with Crippen LogP contribution in [0.15, 0.2) is 30.3 Å². The van der Waals surface area contributed by atoms with Gasteiger partial charge in [0.05, 0.1) is 36.3 Å². The first-order valence-electron chi connectivity index (χ1n) is 9.72. The highest BCUT2D eigenvalue weighted by Crippen LogP contribution is 2.34. The van der Waals surface area contributed by atoms with Gasteiger partial charge in [-0.15, -0.1) is 11.3 Å². The van der Waals surface area contributed by atoms with Crippen molar-refractivity contribution < 1.29 is 9.53 Å². The van der Waals surface area contributed by atoms with E-state index >= 15 is 0 Å². The molecule has 0 unspecified atom stereocenters. The van der Waals surface area contributed by atoms with Crippen molar-refractivity contribution in [1.82, 2.24) is 9.78 Å². The molecule has 3 aromatic rings. The Hall–Kier alpha value is -2.71. The highest BCUT2D eigenvalue weighted by atomic mass is 32.1. The van der Waals surface area contributed by atoms with Crippen molar-refractivity contribution in [2.24, 2.45) is 0 Å². The van der Waals surface area contributed by atoms with Gasteiger partial charge in [0.1, 0.15) is 5.00 Å². The number of aryl methyl sites for hydroxylation is 2. The second-order valence-electron chi connectivity index (χ2n) is 6.95. The molecule has 2 heterocycles. The molecule has 0 aliphatic carbocycles. The third kappa shape index (κ3) is 4.55. The monoisotopic (exact) mass is 442 g/mol. The van der Waals surface area contributed by atoms with Crippen LogP contribution in [-0.4, -0.2) is 28.0 Å². The molecule has 0 spiro atoms. The Kier molecular flexibility index (Phi) is 6.89. The molecule has 0 bridgehead atoms. The number of thiophene rings is 1. The lowest BCUT2D eigenvalue weighted by Crippen LogP contribution is -2.21. The lowest BCUT2D eigenvalue weighted by atomic mass is 10.1. The van der Waals surface area contributed by atoms with E-state index in [9.17, 15) is 4.79 Å². The molecule has 2 N–H and O–H groups in total. The van der Waals surface area contributed by atoms with Gasteiger partial charge in [0.25, 0.3) is 0 Å². The molecule has 158 valence electrons. The molecule has 0 fully saturated rings. The van der Waals surface area contributed by atoms with Crippen molar-refractivity contribution in [3.63, 3.8) is 0 Å². The molecule has 0 aliphatic heterocycles. The van der Waals surface area contributed by atoms with Gasteiger partial charge in [-0.05, 0) is 50.5 Å². The summed E-state index contributed by atoms with van der Waals surface area (Å²) in [5, 5.41) is 12.2. The number of thiocarbonyl (C=S) groups is 1. The summed E-state index contributed by atoms with van der Waals surface area (Å²) in [5.74, 6) is -0.357. The lowest BCUT2D eigenvalue weighted by molar-refractivity contribution is 0.0601. The fourth-order valence-corrected chi connectivity index (χ4v) is 4.85. The molecule has 1 aromatic carbocycles. The van der Waals surface area contributed by atoms with Crippen LogP contribution < -0.4 is 10.6 Å². The highest BCUT2D eigenvalue weighted by Gasteiger charge is 2.23. The van der Waals surface area contributed by atoms with Crippen LogP contribution in [-0.2, 0) is 17.7 Å². The molecule has 0 radical (unpaired) electrons. The van der Waals surface area contributed by atoms with Gasteiger partial charge in [0.2, 0.25) is 0 Å². The number of methoxy groups -OCH3 is 1. The Morgan fingerprint density at radius 3 is 2.53 bits per heavy atom. The van der Waals surface area contributed by atoms with Crippen LogP contribution in [0.5, 0.6) is 0 Å². The number of hydrogen-bond donors (Lipinski definition) is 2. The smallest absolute Gasteiger partial charge is 0.341 e. The fourth-order valence-electron chi connectivity index (χ4n) is 3.45. The average molecular weight is 443 g/mol. The fraction of sp³-hybridized carbons (Fsp3) is 0.318. The van der Waals surface area contributed by atoms with Crippen molar-refractivity contribution in [2.45, 2.75) is 40.7 Å². The second-order valence-corrected chi connectivity index (χ2v) is 8.59. The van der Waals surface area contributed by atoms with Crippen LogP contribution in [0.3, 0.4) is 0 Å². The first-order valence-corrected chi connectivity index (χ1v) is 10.9. The molecule has 8 heteroatoms. The number of nitrogens with zero attached hydrogens (tertiary/aromatic N) is 2. The maximum absolute atomic E-state index is 12.3. The minimum Gasteiger partial charge on any atom is -0.465 e. The van der Waals surface area contributed by atoms with E-state index in [1.807, 2.05) is 50.6 Å². The first-order chi connectivity index (χ1) is 14.3. The Morgan fingerprint density at radius 2 is 1.90 bits per heavy atom. The minimum atomic E-state index is -0.357. The van der Waals surface area contributed by atoms with Crippen LogP contribution >= 0.6 is 23.6 Å². The SMILES string of the molecule is CCc1c(C)sc(NC(=S)Nc2c(C)nn(Cc3ccccc3)c2C)c1C(=O)OC. The number of carbonyl (C=O) groups is 1. The zero-order chi connectivity index (χ0) is 21.8. The number of aromatic nitrogens is 2. The van der Waals surface area contributed by atoms with Crippen molar-refractivity contribution >= 4 is 45.3 Å². The molecular formula is C22H26N4O2S2. The van der Waals surface area contributed by atoms with Crippen LogP contribution in [0.2, 0.25) is 0 Å². The Balaban J connectivity index is 1.80. The maximum atomic E-state index is 12.3. The molecule has 0 atom stereocenters. The summed E-state index contributed by atoms with van der Waals surface area (Å²) < 4.78 is 6.94. The van der Waals surface area contributed by atoms with Crippen LogP contribution in [0.25, 0.3) is 0 Å². The number of hydrogen-bond acceptors (Lipinski definition) is 5. The van der Waals surface area contributed by atoms with E-state index in [1.54, 1.807) is 0 Å². The Morgan fingerprint density at radius 1 is 1.20 bits per heavy atom. The molecule has 0 saturated heterocycles. The number of esters is 1. The van der Waals surface area contributed by atoms with Crippen molar-refractivity contribution in [2.75, 3.05) is 17.7 Å². The van der Waals surface area contributed by atoms with Crippen molar-refractivity contribution in [1.29, 1.82) is 0 Å². The zero-order valence-electron chi connectivity index (χ0n) is 17.8. The molecular weight excluding hydrogens is 416 g/mol.